The fourth-order valence-electron chi connectivity index (χ4n) is 1.75. The number of amides is 2. The Bertz CT molecular complexity index is 552. The highest BCUT2D eigenvalue weighted by Crippen LogP contribution is 2.38. The summed E-state index contributed by atoms with van der Waals surface area (Å²) in [6.45, 7) is 4.30. The van der Waals surface area contributed by atoms with Gasteiger partial charge in [0.2, 0.25) is 11.8 Å². The van der Waals surface area contributed by atoms with Crippen molar-refractivity contribution in [2.24, 2.45) is 5.41 Å². The van der Waals surface area contributed by atoms with Crippen molar-refractivity contribution in [3.8, 4) is 0 Å². The topological polar surface area (TPSA) is 162 Å². The molecule has 2 amide bonds. The zero-order valence-electron chi connectivity index (χ0n) is 15.8. The Morgan fingerprint density at radius 1 is 1.11 bits per heavy atom. The second kappa shape index (κ2) is 12.5. The van der Waals surface area contributed by atoms with Crippen LogP contribution >= 0.6 is 19.6 Å². The number of carbonyl (C=O) groups is 3. The predicted octanol–water partition coefficient (Wildman–Crippen LogP) is -0.182. The van der Waals surface area contributed by atoms with Crippen LogP contribution in [0.1, 0.15) is 33.6 Å². The molecular weight excluding hydrogens is 399 g/mol. The Hall–Kier alpha value is -0.970. The first-order valence-electron chi connectivity index (χ1n) is 8.35. The van der Waals surface area contributed by atoms with Gasteiger partial charge in [-0.25, -0.2) is 4.57 Å². The van der Waals surface area contributed by atoms with Gasteiger partial charge in [0.15, 0.2) is 0 Å². The zero-order valence-corrected chi connectivity index (χ0v) is 17.5. The first kappa shape index (κ1) is 26.0. The van der Waals surface area contributed by atoms with Crippen molar-refractivity contribution in [1.82, 2.24) is 10.6 Å². The summed E-state index contributed by atoms with van der Waals surface area (Å²) < 4.78 is 15.1. The van der Waals surface area contributed by atoms with Crippen LogP contribution in [0.15, 0.2) is 0 Å². The molecule has 0 heterocycles. The van der Waals surface area contributed by atoms with Crippen molar-refractivity contribution < 1.29 is 38.4 Å². The predicted molar refractivity (Wildman–Crippen MR) is 101 cm³/mol. The Labute approximate surface area is 163 Å². The van der Waals surface area contributed by atoms with Crippen molar-refractivity contribution in [2.45, 2.75) is 39.7 Å². The number of nitrogens with one attached hydrogen (secondary N) is 2. The van der Waals surface area contributed by atoms with Crippen molar-refractivity contribution in [3.05, 3.63) is 0 Å². The Balaban J connectivity index is 4.01. The van der Waals surface area contributed by atoms with Gasteiger partial charge in [-0.05, 0) is 6.92 Å². The minimum absolute atomic E-state index is 0.00857. The molecule has 0 aromatic heterocycles. The van der Waals surface area contributed by atoms with Crippen molar-refractivity contribution in [1.29, 1.82) is 0 Å². The molecule has 12 heteroatoms. The maximum Gasteiger partial charge on any atom is 0.469 e. The molecule has 0 aliphatic carbocycles. The van der Waals surface area contributed by atoms with E-state index in [1.165, 1.54) is 20.8 Å². The summed E-state index contributed by atoms with van der Waals surface area (Å²) in [7, 11) is -4.70. The van der Waals surface area contributed by atoms with Gasteiger partial charge in [0.1, 0.15) is 11.9 Å². The van der Waals surface area contributed by atoms with Gasteiger partial charge in [0.25, 0.3) is 0 Å². The number of hydrogen-bond acceptors (Lipinski definition) is 7. The molecule has 0 spiro atoms. The molecule has 0 unspecified atom stereocenters. The summed E-state index contributed by atoms with van der Waals surface area (Å²) in [6.07, 6.45) is -1.04. The minimum atomic E-state index is -4.70. The monoisotopic (exact) mass is 428 g/mol. The average Bonchev–Trinajstić information content (AvgIpc) is 2.54. The summed E-state index contributed by atoms with van der Waals surface area (Å²) in [6, 6.07) is 0. The first-order chi connectivity index (χ1) is 12.3. The number of aliphatic hydroxyl groups is 1. The fourth-order valence-corrected chi connectivity index (χ4v) is 3.13. The Morgan fingerprint density at radius 3 is 2.30 bits per heavy atom. The maximum atomic E-state index is 11.9. The third-order valence-electron chi connectivity index (χ3n) is 3.41. The van der Waals surface area contributed by atoms with Crippen molar-refractivity contribution >= 4 is 37.2 Å². The average molecular weight is 428 g/mol. The van der Waals surface area contributed by atoms with E-state index < -0.39 is 31.9 Å². The number of Topliss-reactive ketones (excluding diaryl/α,β-unsaturated/α-hetero) is 1. The molecule has 0 fully saturated rings. The quantitative estimate of drug-likeness (QED) is 0.187. The summed E-state index contributed by atoms with van der Waals surface area (Å²) in [5.74, 6) is 0.488. The SMILES string of the molecule is CC(=O)CCSCCNC(=O)CCNC(=O)[C@@H](O)C(C)(C)COP(=O)(O)O. The van der Waals surface area contributed by atoms with Crippen molar-refractivity contribution in [3.63, 3.8) is 0 Å². The molecule has 5 N–H and O–H groups in total. The second-order valence-corrected chi connectivity index (χ2v) is 9.07. The number of phosphoric ester groups is 1. The van der Waals surface area contributed by atoms with Gasteiger partial charge >= 0.3 is 7.82 Å². The first-order valence-corrected chi connectivity index (χ1v) is 11.0. The Morgan fingerprint density at radius 2 is 1.74 bits per heavy atom. The van der Waals surface area contributed by atoms with E-state index in [4.69, 9.17) is 9.79 Å². The molecule has 0 aliphatic rings. The lowest BCUT2D eigenvalue weighted by atomic mass is 9.87. The van der Waals surface area contributed by atoms with Crippen LogP contribution in [-0.4, -0.2) is 69.8 Å². The molecule has 0 rings (SSSR count). The van der Waals surface area contributed by atoms with E-state index in [0.29, 0.717) is 24.5 Å². The van der Waals surface area contributed by atoms with Crippen molar-refractivity contribution in [2.75, 3.05) is 31.2 Å². The van der Waals surface area contributed by atoms with Gasteiger partial charge in [0, 0.05) is 42.9 Å². The zero-order chi connectivity index (χ0) is 21.1. The minimum Gasteiger partial charge on any atom is -0.383 e. The number of rotatable bonds is 14. The molecule has 0 saturated carbocycles. The van der Waals surface area contributed by atoms with Crippen LogP contribution in [0.2, 0.25) is 0 Å². The van der Waals surface area contributed by atoms with Gasteiger partial charge in [-0.15, -0.1) is 0 Å². The molecule has 0 bridgehead atoms. The molecule has 0 aliphatic heterocycles. The van der Waals surface area contributed by atoms with Gasteiger partial charge < -0.3 is 25.5 Å². The lowest BCUT2D eigenvalue weighted by Crippen LogP contribution is -2.46. The van der Waals surface area contributed by atoms with Crippen LogP contribution in [0.25, 0.3) is 0 Å². The molecule has 0 aromatic rings. The van der Waals surface area contributed by atoms with Gasteiger partial charge in [-0.3, -0.25) is 18.9 Å². The molecular formula is C15H29N2O8PS. The van der Waals surface area contributed by atoms with E-state index in [0.717, 1.165) is 0 Å². The molecule has 10 nitrogen and oxygen atoms in total. The summed E-state index contributed by atoms with van der Waals surface area (Å²) in [5.41, 5.74) is -1.23. The van der Waals surface area contributed by atoms with Gasteiger partial charge in [-0.2, -0.15) is 11.8 Å². The van der Waals surface area contributed by atoms with E-state index >= 15 is 0 Å². The summed E-state index contributed by atoms with van der Waals surface area (Å²) in [4.78, 5) is 51.7. The fraction of sp³-hybridized carbons (Fsp3) is 0.800. The summed E-state index contributed by atoms with van der Waals surface area (Å²) >= 11 is 1.56. The largest absolute Gasteiger partial charge is 0.469 e. The van der Waals surface area contributed by atoms with E-state index in [1.807, 2.05) is 0 Å². The van der Waals surface area contributed by atoms with Gasteiger partial charge in [-0.1, -0.05) is 13.8 Å². The number of carbonyl (C=O) groups excluding carboxylic acids is 3. The Kier molecular flexibility index (Phi) is 12.0. The van der Waals surface area contributed by atoms with Gasteiger partial charge in [0.05, 0.1) is 6.61 Å². The van der Waals surface area contributed by atoms with E-state index in [-0.39, 0.29) is 24.7 Å². The highest BCUT2D eigenvalue weighted by molar-refractivity contribution is 7.99. The lowest BCUT2D eigenvalue weighted by molar-refractivity contribution is -0.137. The lowest BCUT2D eigenvalue weighted by Gasteiger charge is -2.29. The second-order valence-electron chi connectivity index (χ2n) is 6.61. The third-order valence-corrected chi connectivity index (χ3v) is 4.86. The van der Waals surface area contributed by atoms with Crippen LogP contribution < -0.4 is 10.6 Å². The highest BCUT2D eigenvalue weighted by atomic mass is 32.2. The molecule has 158 valence electrons. The third kappa shape index (κ3) is 13.8. The van der Waals surface area contributed by atoms with Crippen LogP contribution in [0.5, 0.6) is 0 Å². The number of ketones is 1. The molecule has 1 atom stereocenters. The van der Waals surface area contributed by atoms with Crippen LogP contribution in [0.4, 0.5) is 0 Å². The highest BCUT2D eigenvalue weighted by Gasteiger charge is 2.35. The molecule has 0 radical (unpaired) electrons. The number of thioether (sulfide) groups is 1. The van der Waals surface area contributed by atoms with E-state index in [9.17, 15) is 24.1 Å². The van der Waals surface area contributed by atoms with Crippen LogP contribution in [-0.2, 0) is 23.5 Å². The number of phosphoric acid groups is 1. The van der Waals surface area contributed by atoms with E-state index in [1.54, 1.807) is 11.8 Å². The molecule has 0 saturated heterocycles. The standard InChI is InChI=1S/C15H29N2O8PS/c1-11(18)5-8-27-9-7-16-12(19)4-6-17-14(21)13(20)15(2,3)10-25-26(22,23)24/h13,20H,4-10H2,1-3H3,(H,16,19)(H,17,21)(H2,22,23,24)/t13-/m1/s1. The van der Waals surface area contributed by atoms with E-state index in [2.05, 4.69) is 15.2 Å². The number of hydrogen-bond donors (Lipinski definition) is 5. The summed E-state index contributed by atoms with van der Waals surface area (Å²) in [5, 5.41) is 15.1. The molecule has 27 heavy (non-hydrogen) atoms. The maximum absolute atomic E-state index is 11.9. The number of aliphatic hydroxyl groups excluding tert-OH is 1. The molecule has 0 aromatic carbocycles. The smallest absolute Gasteiger partial charge is 0.383 e. The van der Waals surface area contributed by atoms with Crippen LogP contribution in [0.3, 0.4) is 0 Å². The normalized spacial score (nSPS) is 13.1. The van der Waals surface area contributed by atoms with Crippen LogP contribution in [0, 0.1) is 5.41 Å².